The molecule has 1 aromatic carbocycles. The van der Waals surface area contributed by atoms with E-state index >= 15 is 0 Å². The van der Waals surface area contributed by atoms with E-state index in [1.807, 2.05) is 12.1 Å². The summed E-state index contributed by atoms with van der Waals surface area (Å²) in [6.07, 6.45) is 3.04. The maximum Gasteiger partial charge on any atom is 0.331 e. The number of carboxylic acids is 1. The molecular weight excluding hydrogens is 256 g/mol. The van der Waals surface area contributed by atoms with Crippen LogP contribution in [0.5, 0.6) is 0 Å². The number of hydrogen-bond donors (Lipinski definition) is 2. The molecule has 0 bridgehead atoms. The van der Waals surface area contributed by atoms with Gasteiger partial charge in [-0.05, 0) is 24.0 Å². The van der Waals surface area contributed by atoms with Gasteiger partial charge in [-0.1, -0.05) is 30.3 Å². The molecule has 1 atom stereocenters. The SMILES string of the molecule is C=CCCNC(=O)N1CCc2ccccc2C1C(=O)O. The molecule has 2 N–H and O–H groups in total. The monoisotopic (exact) mass is 274 g/mol. The maximum atomic E-state index is 12.1. The largest absolute Gasteiger partial charge is 0.479 e. The molecule has 2 rings (SSSR count). The fourth-order valence-corrected chi connectivity index (χ4v) is 2.43. The zero-order valence-electron chi connectivity index (χ0n) is 11.2. The van der Waals surface area contributed by atoms with E-state index in [1.54, 1.807) is 18.2 Å². The minimum Gasteiger partial charge on any atom is -0.479 e. The lowest BCUT2D eigenvalue weighted by Crippen LogP contribution is -2.48. The Morgan fingerprint density at radius 3 is 2.90 bits per heavy atom. The topological polar surface area (TPSA) is 69.6 Å². The number of fused-ring (bicyclic) bond motifs is 1. The van der Waals surface area contributed by atoms with Crippen molar-refractivity contribution in [2.75, 3.05) is 13.1 Å². The highest BCUT2D eigenvalue weighted by atomic mass is 16.4. The Balaban J connectivity index is 2.20. The van der Waals surface area contributed by atoms with Crippen molar-refractivity contribution >= 4 is 12.0 Å². The Morgan fingerprint density at radius 1 is 1.45 bits per heavy atom. The number of hydrogen-bond acceptors (Lipinski definition) is 2. The summed E-state index contributed by atoms with van der Waals surface area (Å²) >= 11 is 0. The van der Waals surface area contributed by atoms with E-state index in [9.17, 15) is 14.7 Å². The molecule has 5 heteroatoms. The van der Waals surface area contributed by atoms with Crippen LogP contribution in [0.2, 0.25) is 0 Å². The Kier molecular flexibility index (Phi) is 4.40. The summed E-state index contributed by atoms with van der Waals surface area (Å²) in [6.45, 7) is 4.46. The third kappa shape index (κ3) is 2.82. The van der Waals surface area contributed by atoms with Crippen molar-refractivity contribution < 1.29 is 14.7 Å². The summed E-state index contributed by atoms with van der Waals surface area (Å²) < 4.78 is 0. The van der Waals surface area contributed by atoms with Crippen molar-refractivity contribution in [3.05, 3.63) is 48.0 Å². The number of amides is 2. The first-order valence-electron chi connectivity index (χ1n) is 6.61. The van der Waals surface area contributed by atoms with Gasteiger partial charge in [0.15, 0.2) is 6.04 Å². The first kappa shape index (κ1) is 14.1. The summed E-state index contributed by atoms with van der Waals surface area (Å²) in [5.74, 6) is -1.00. The van der Waals surface area contributed by atoms with Crippen LogP contribution in [0.3, 0.4) is 0 Å². The van der Waals surface area contributed by atoms with Crippen LogP contribution in [0, 0.1) is 0 Å². The van der Waals surface area contributed by atoms with Crippen LogP contribution in [-0.2, 0) is 11.2 Å². The van der Waals surface area contributed by atoms with Gasteiger partial charge in [-0.15, -0.1) is 6.58 Å². The number of carbonyl (C=O) groups excluding carboxylic acids is 1. The number of benzene rings is 1. The molecule has 1 aromatic rings. The molecule has 0 aliphatic carbocycles. The number of urea groups is 1. The van der Waals surface area contributed by atoms with Gasteiger partial charge in [0.1, 0.15) is 0 Å². The Labute approximate surface area is 117 Å². The van der Waals surface area contributed by atoms with Crippen LogP contribution in [0.15, 0.2) is 36.9 Å². The average Bonchev–Trinajstić information content (AvgIpc) is 2.45. The number of aliphatic carboxylic acids is 1. The van der Waals surface area contributed by atoms with Crippen molar-refractivity contribution in [3.63, 3.8) is 0 Å². The summed E-state index contributed by atoms with van der Waals surface area (Å²) in [5.41, 5.74) is 1.69. The number of rotatable bonds is 4. The van der Waals surface area contributed by atoms with E-state index in [4.69, 9.17) is 0 Å². The molecule has 1 unspecified atom stereocenters. The van der Waals surface area contributed by atoms with Gasteiger partial charge in [-0.3, -0.25) is 0 Å². The third-order valence-electron chi connectivity index (χ3n) is 3.40. The molecule has 1 heterocycles. The van der Waals surface area contributed by atoms with E-state index in [-0.39, 0.29) is 6.03 Å². The van der Waals surface area contributed by atoms with Gasteiger partial charge in [0.2, 0.25) is 0 Å². The molecule has 0 aromatic heterocycles. The van der Waals surface area contributed by atoms with Gasteiger partial charge >= 0.3 is 12.0 Å². The third-order valence-corrected chi connectivity index (χ3v) is 3.40. The van der Waals surface area contributed by atoms with E-state index in [0.29, 0.717) is 31.5 Å². The summed E-state index contributed by atoms with van der Waals surface area (Å²) in [7, 11) is 0. The van der Waals surface area contributed by atoms with Gasteiger partial charge in [-0.2, -0.15) is 0 Å². The van der Waals surface area contributed by atoms with E-state index in [0.717, 1.165) is 5.56 Å². The zero-order valence-corrected chi connectivity index (χ0v) is 11.2. The van der Waals surface area contributed by atoms with Crippen LogP contribution >= 0.6 is 0 Å². The number of carboxylic acid groups (broad SMARTS) is 1. The number of carbonyl (C=O) groups is 2. The lowest BCUT2D eigenvalue weighted by Gasteiger charge is -2.34. The molecular formula is C15H18N2O3. The second kappa shape index (κ2) is 6.23. The van der Waals surface area contributed by atoms with Crippen molar-refractivity contribution in [2.45, 2.75) is 18.9 Å². The fraction of sp³-hybridized carbons (Fsp3) is 0.333. The maximum absolute atomic E-state index is 12.1. The summed E-state index contributed by atoms with van der Waals surface area (Å²) in [4.78, 5) is 25.0. The number of nitrogens with one attached hydrogen (secondary N) is 1. The first-order chi connectivity index (χ1) is 9.65. The van der Waals surface area contributed by atoms with Crippen LogP contribution < -0.4 is 5.32 Å². The van der Waals surface area contributed by atoms with Gasteiger partial charge in [0, 0.05) is 13.1 Å². The highest BCUT2D eigenvalue weighted by molar-refractivity contribution is 5.84. The van der Waals surface area contributed by atoms with Crippen molar-refractivity contribution in [3.8, 4) is 0 Å². The molecule has 0 saturated carbocycles. The summed E-state index contributed by atoms with van der Waals surface area (Å²) in [6, 6.07) is 6.12. The van der Waals surface area contributed by atoms with E-state index < -0.39 is 12.0 Å². The molecule has 0 radical (unpaired) electrons. The molecule has 0 saturated heterocycles. The molecule has 1 aliphatic rings. The first-order valence-corrected chi connectivity index (χ1v) is 6.61. The molecule has 106 valence electrons. The molecule has 2 amide bonds. The van der Waals surface area contributed by atoms with Gasteiger partial charge in [0.05, 0.1) is 0 Å². The predicted octanol–water partition coefficient (Wildman–Crippen LogP) is 1.96. The van der Waals surface area contributed by atoms with Gasteiger partial charge in [-0.25, -0.2) is 9.59 Å². The predicted molar refractivity (Wildman–Crippen MR) is 75.4 cm³/mol. The Morgan fingerprint density at radius 2 is 2.20 bits per heavy atom. The van der Waals surface area contributed by atoms with Crippen molar-refractivity contribution in [2.24, 2.45) is 0 Å². The van der Waals surface area contributed by atoms with Gasteiger partial charge in [0.25, 0.3) is 0 Å². The second-order valence-corrected chi connectivity index (χ2v) is 4.69. The van der Waals surface area contributed by atoms with Crippen molar-refractivity contribution in [1.29, 1.82) is 0 Å². The lowest BCUT2D eigenvalue weighted by molar-refractivity contribution is -0.142. The average molecular weight is 274 g/mol. The highest BCUT2D eigenvalue weighted by Crippen LogP contribution is 2.29. The van der Waals surface area contributed by atoms with E-state index in [1.165, 1.54) is 4.90 Å². The smallest absolute Gasteiger partial charge is 0.331 e. The Bertz CT molecular complexity index is 528. The Hall–Kier alpha value is -2.30. The molecule has 20 heavy (non-hydrogen) atoms. The van der Waals surface area contributed by atoms with Crippen LogP contribution in [0.1, 0.15) is 23.6 Å². The van der Waals surface area contributed by atoms with Crippen molar-refractivity contribution in [1.82, 2.24) is 10.2 Å². The lowest BCUT2D eigenvalue weighted by atomic mass is 9.93. The highest BCUT2D eigenvalue weighted by Gasteiger charge is 2.35. The normalized spacial score (nSPS) is 17.2. The van der Waals surface area contributed by atoms with Gasteiger partial charge < -0.3 is 15.3 Å². The minimum atomic E-state index is -1.00. The van der Waals surface area contributed by atoms with Crippen LogP contribution in [-0.4, -0.2) is 35.1 Å². The molecule has 1 aliphatic heterocycles. The molecule has 0 fully saturated rings. The fourth-order valence-electron chi connectivity index (χ4n) is 2.43. The second-order valence-electron chi connectivity index (χ2n) is 4.69. The molecule has 0 spiro atoms. The number of nitrogens with zero attached hydrogens (tertiary/aromatic N) is 1. The van der Waals surface area contributed by atoms with Crippen LogP contribution in [0.25, 0.3) is 0 Å². The molecule has 5 nitrogen and oxygen atoms in total. The quantitative estimate of drug-likeness (QED) is 0.651. The summed E-state index contributed by atoms with van der Waals surface area (Å²) in [5, 5.41) is 12.2. The van der Waals surface area contributed by atoms with E-state index in [2.05, 4.69) is 11.9 Å². The van der Waals surface area contributed by atoms with Crippen LogP contribution in [0.4, 0.5) is 4.79 Å². The zero-order chi connectivity index (χ0) is 14.5. The minimum absolute atomic E-state index is 0.339. The standard InChI is InChI=1S/C15H18N2O3/c1-2-3-9-16-15(20)17-10-8-11-6-4-5-7-12(11)13(17)14(18)19/h2,4-7,13H,1,3,8-10H2,(H,16,20)(H,18,19).